The Labute approximate surface area is 185 Å². The van der Waals surface area contributed by atoms with Gasteiger partial charge in [0.1, 0.15) is 0 Å². The lowest BCUT2D eigenvalue weighted by molar-refractivity contribution is 0.102. The maximum atomic E-state index is 12.6. The lowest BCUT2D eigenvalue weighted by atomic mass is 10.1. The zero-order chi connectivity index (χ0) is 21.8. The summed E-state index contributed by atoms with van der Waals surface area (Å²) in [7, 11) is 1.75. The summed E-state index contributed by atoms with van der Waals surface area (Å²) in [6.45, 7) is 0.0897. The standard InChI is InChI=1S/C24H19ClN2O3S/c25-31(29,30)27(17-18-9-3-1-4-10-18)23-16-15-22(20-13-7-8-14-21(20)23)26-24(28)19-11-5-2-6-12-19/h1-16H,17H2,(H,26,28). The van der Waals surface area contributed by atoms with Gasteiger partial charge < -0.3 is 5.32 Å². The van der Waals surface area contributed by atoms with Crippen LogP contribution in [0.25, 0.3) is 10.8 Å². The van der Waals surface area contributed by atoms with E-state index in [4.69, 9.17) is 10.7 Å². The lowest BCUT2D eigenvalue weighted by Crippen LogP contribution is -2.26. The van der Waals surface area contributed by atoms with Crippen molar-refractivity contribution in [1.82, 2.24) is 0 Å². The molecule has 1 amide bonds. The number of hydrogen-bond acceptors (Lipinski definition) is 3. The van der Waals surface area contributed by atoms with Gasteiger partial charge in [-0.15, -0.1) is 0 Å². The minimum Gasteiger partial charge on any atom is -0.321 e. The van der Waals surface area contributed by atoms with Gasteiger partial charge >= 0.3 is 9.24 Å². The van der Waals surface area contributed by atoms with E-state index in [2.05, 4.69) is 5.32 Å². The zero-order valence-electron chi connectivity index (χ0n) is 16.4. The van der Waals surface area contributed by atoms with Crippen LogP contribution in [0.4, 0.5) is 11.4 Å². The van der Waals surface area contributed by atoms with Gasteiger partial charge in [-0.05, 0) is 29.8 Å². The summed E-state index contributed by atoms with van der Waals surface area (Å²) in [5.74, 6) is -0.246. The molecule has 0 aliphatic heterocycles. The summed E-state index contributed by atoms with van der Waals surface area (Å²) in [5, 5.41) is 4.29. The van der Waals surface area contributed by atoms with Gasteiger partial charge in [-0.1, -0.05) is 72.8 Å². The minimum absolute atomic E-state index is 0.0897. The quantitative estimate of drug-likeness (QED) is 0.390. The Morgan fingerprint density at radius 2 is 1.35 bits per heavy atom. The number of rotatable bonds is 6. The van der Waals surface area contributed by atoms with E-state index >= 15 is 0 Å². The molecule has 0 aromatic heterocycles. The van der Waals surface area contributed by atoms with Gasteiger partial charge in [0.25, 0.3) is 5.91 Å². The molecule has 0 radical (unpaired) electrons. The van der Waals surface area contributed by atoms with Crippen LogP contribution in [-0.2, 0) is 15.8 Å². The number of carbonyl (C=O) groups is 1. The van der Waals surface area contributed by atoms with E-state index in [1.54, 1.807) is 36.4 Å². The number of nitrogens with zero attached hydrogens (tertiary/aromatic N) is 1. The number of nitrogens with one attached hydrogen (secondary N) is 1. The van der Waals surface area contributed by atoms with E-state index in [0.717, 1.165) is 9.87 Å². The van der Waals surface area contributed by atoms with E-state index in [1.165, 1.54) is 0 Å². The fourth-order valence-corrected chi connectivity index (χ4v) is 4.49. The molecule has 0 bridgehead atoms. The van der Waals surface area contributed by atoms with Crippen molar-refractivity contribution in [2.45, 2.75) is 6.54 Å². The predicted octanol–water partition coefficient (Wildman–Crippen LogP) is 5.58. The van der Waals surface area contributed by atoms with Crippen LogP contribution in [0.3, 0.4) is 0 Å². The molecule has 0 fully saturated rings. The molecule has 0 saturated heterocycles. The Bertz CT molecular complexity index is 1330. The first kappa shape index (κ1) is 20.9. The van der Waals surface area contributed by atoms with Crippen molar-refractivity contribution in [2.24, 2.45) is 0 Å². The first-order valence-electron chi connectivity index (χ1n) is 9.58. The highest BCUT2D eigenvalue weighted by molar-refractivity contribution is 8.14. The molecule has 31 heavy (non-hydrogen) atoms. The second kappa shape index (κ2) is 8.79. The smallest absolute Gasteiger partial charge is 0.321 e. The fraction of sp³-hybridized carbons (Fsp3) is 0.0417. The van der Waals surface area contributed by atoms with Gasteiger partial charge in [-0.3, -0.25) is 9.10 Å². The third kappa shape index (κ3) is 4.71. The average Bonchev–Trinajstić information content (AvgIpc) is 2.78. The SMILES string of the molecule is O=C(Nc1ccc(N(Cc2ccccc2)S(=O)(=O)Cl)c2ccccc12)c1ccccc1. The van der Waals surface area contributed by atoms with Crippen molar-refractivity contribution >= 4 is 48.0 Å². The van der Waals surface area contributed by atoms with Crippen LogP contribution in [0, 0.1) is 0 Å². The second-order valence-corrected chi connectivity index (χ2v) is 9.37. The maximum absolute atomic E-state index is 12.6. The molecule has 0 spiro atoms. The van der Waals surface area contributed by atoms with Crippen molar-refractivity contribution < 1.29 is 13.2 Å². The van der Waals surface area contributed by atoms with Crippen LogP contribution < -0.4 is 9.62 Å². The van der Waals surface area contributed by atoms with Gasteiger partial charge in [-0.2, -0.15) is 8.42 Å². The Balaban J connectivity index is 1.77. The number of fused-ring (bicyclic) bond motifs is 1. The van der Waals surface area contributed by atoms with Crippen molar-refractivity contribution in [1.29, 1.82) is 0 Å². The highest BCUT2D eigenvalue weighted by Crippen LogP contribution is 2.35. The molecule has 4 rings (SSSR count). The fourth-order valence-electron chi connectivity index (χ4n) is 3.42. The van der Waals surface area contributed by atoms with Gasteiger partial charge in [-0.25, -0.2) is 0 Å². The highest BCUT2D eigenvalue weighted by atomic mass is 35.7. The second-order valence-electron chi connectivity index (χ2n) is 6.93. The molecular formula is C24H19ClN2O3S. The van der Waals surface area contributed by atoms with Crippen molar-refractivity contribution in [2.75, 3.05) is 9.62 Å². The third-order valence-corrected chi connectivity index (χ3v) is 6.24. The number of hydrogen-bond donors (Lipinski definition) is 1. The van der Waals surface area contributed by atoms with Crippen LogP contribution in [-0.4, -0.2) is 14.3 Å². The monoisotopic (exact) mass is 450 g/mol. The number of anilines is 2. The Kier molecular flexibility index (Phi) is 5.93. The summed E-state index contributed by atoms with van der Waals surface area (Å²) < 4.78 is 26.1. The molecule has 156 valence electrons. The van der Waals surface area contributed by atoms with E-state index in [9.17, 15) is 13.2 Å². The molecule has 0 saturated carbocycles. The predicted molar refractivity (Wildman–Crippen MR) is 126 cm³/mol. The van der Waals surface area contributed by atoms with Crippen LogP contribution in [0.2, 0.25) is 0 Å². The highest BCUT2D eigenvalue weighted by Gasteiger charge is 2.23. The Hall–Kier alpha value is -3.35. The molecule has 0 unspecified atom stereocenters. The Morgan fingerprint density at radius 3 is 2.00 bits per heavy atom. The molecule has 7 heteroatoms. The van der Waals surface area contributed by atoms with Crippen molar-refractivity contribution in [3.05, 3.63) is 108 Å². The van der Waals surface area contributed by atoms with E-state index in [1.807, 2.05) is 60.7 Å². The van der Waals surface area contributed by atoms with Crippen LogP contribution in [0.5, 0.6) is 0 Å². The first-order valence-corrected chi connectivity index (χ1v) is 11.8. The van der Waals surface area contributed by atoms with Crippen molar-refractivity contribution in [3.8, 4) is 0 Å². The van der Waals surface area contributed by atoms with E-state index < -0.39 is 9.24 Å². The molecule has 5 nitrogen and oxygen atoms in total. The first-order chi connectivity index (χ1) is 14.9. The summed E-state index contributed by atoms with van der Waals surface area (Å²) in [5.41, 5.74) is 2.36. The van der Waals surface area contributed by atoms with E-state index in [0.29, 0.717) is 27.7 Å². The molecule has 0 heterocycles. The topological polar surface area (TPSA) is 66.5 Å². The third-order valence-electron chi connectivity index (χ3n) is 4.89. The molecular weight excluding hydrogens is 432 g/mol. The summed E-state index contributed by atoms with van der Waals surface area (Å²) in [6, 6.07) is 28.8. The summed E-state index contributed by atoms with van der Waals surface area (Å²) in [6.07, 6.45) is 0. The average molecular weight is 451 g/mol. The normalized spacial score (nSPS) is 11.3. The van der Waals surface area contributed by atoms with Gasteiger partial charge in [0, 0.05) is 32.7 Å². The summed E-state index contributed by atoms with van der Waals surface area (Å²) >= 11 is 0. The molecule has 4 aromatic carbocycles. The van der Waals surface area contributed by atoms with Gasteiger partial charge in [0.15, 0.2) is 0 Å². The molecule has 0 atom stereocenters. The van der Waals surface area contributed by atoms with Crippen molar-refractivity contribution in [3.63, 3.8) is 0 Å². The van der Waals surface area contributed by atoms with Crippen LogP contribution in [0.1, 0.15) is 15.9 Å². The lowest BCUT2D eigenvalue weighted by Gasteiger charge is -2.23. The van der Waals surface area contributed by atoms with Gasteiger partial charge in [0.2, 0.25) is 0 Å². The molecule has 0 aliphatic rings. The number of amides is 1. The summed E-state index contributed by atoms with van der Waals surface area (Å²) in [4.78, 5) is 12.6. The van der Waals surface area contributed by atoms with E-state index in [-0.39, 0.29) is 12.5 Å². The van der Waals surface area contributed by atoms with Crippen LogP contribution in [0.15, 0.2) is 97.1 Å². The molecule has 1 N–H and O–H groups in total. The zero-order valence-corrected chi connectivity index (χ0v) is 18.0. The molecule has 4 aromatic rings. The number of halogens is 1. The number of benzene rings is 4. The Morgan fingerprint density at radius 1 is 0.774 bits per heavy atom. The largest absolute Gasteiger partial charge is 0.321 e. The molecule has 0 aliphatic carbocycles. The maximum Gasteiger partial charge on any atom is 0.321 e. The van der Waals surface area contributed by atoms with Crippen LogP contribution >= 0.6 is 10.7 Å². The van der Waals surface area contributed by atoms with Gasteiger partial charge in [0.05, 0.1) is 12.2 Å². The number of carbonyl (C=O) groups excluding carboxylic acids is 1. The minimum atomic E-state index is -4.07.